The van der Waals surface area contributed by atoms with Crippen molar-refractivity contribution in [2.45, 2.75) is 19.4 Å². The van der Waals surface area contributed by atoms with E-state index in [-0.39, 0.29) is 6.04 Å². The van der Waals surface area contributed by atoms with Crippen molar-refractivity contribution in [2.75, 3.05) is 27.9 Å². The van der Waals surface area contributed by atoms with Crippen molar-refractivity contribution in [2.24, 2.45) is 11.8 Å². The summed E-state index contributed by atoms with van der Waals surface area (Å²) in [6, 6.07) is 5.89. The fraction of sp³-hybridized carbons (Fsp3) is 0.571. The van der Waals surface area contributed by atoms with E-state index in [2.05, 4.69) is 12.3 Å². The summed E-state index contributed by atoms with van der Waals surface area (Å²) in [5, 5.41) is 0. The number of hydrogen-bond donors (Lipinski definition) is 2. The van der Waals surface area contributed by atoms with Gasteiger partial charge in [-0.1, -0.05) is 13.0 Å². The highest BCUT2D eigenvalue weighted by Gasteiger charge is 2.16. The molecular weight excluding hydrogens is 244 g/mol. The van der Waals surface area contributed by atoms with E-state index in [9.17, 15) is 0 Å². The van der Waals surface area contributed by atoms with Gasteiger partial charge in [-0.25, -0.2) is 0 Å². The molecule has 1 aromatic rings. The van der Waals surface area contributed by atoms with Gasteiger partial charge in [-0.3, -0.25) is 11.3 Å². The topological polar surface area (TPSA) is 65.7 Å². The van der Waals surface area contributed by atoms with Crippen LogP contribution in [0.2, 0.25) is 0 Å². The molecule has 108 valence electrons. The summed E-state index contributed by atoms with van der Waals surface area (Å²) >= 11 is 0. The van der Waals surface area contributed by atoms with Gasteiger partial charge in [0.1, 0.15) is 0 Å². The number of methoxy groups -OCH3 is 3. The molecule has 1 rings (SSSR count). The Balaban J connectivity index is 2.86. The van der Waals surface area contributed by atoms with Gasteiger partial charge < -0.3 is 14.2 Å². The van der Waals surface area contributed by atoms with E-state index in [1.807, 2.05) is 18.2 Å². The molecule has 0 bridgehead atoms. The van der Waals surface area contributed by atoms with Crippen LogP contribution in [0.5, 0.6) is 11.5 Å². The molecule has 0 amide bonds. The van der Waals surface area contributed by atoms with Gasteiger partial charge in [-0.15, -0.1) is 0 Å². The summed E-state index contributed by atoms with van der Waals surface area (Å²) in [7, 11) is 4.95. The molecule has 0 aromatic heterocycles. The number of nitrogens with two attached hydrogens (primary N) is 1. The van der Waals surface area contributed by atoms with Gasteiger partial charge in [-0.05, 0) is 30.0 Å². The molecule has 0 heterocycles. The first-order valence-electron chi connectivity index (χ1n) is 6.33. The second-order valence-corrected chi connectivity index (χ2v) is 4.63. The Morgan fingerprint density at radius 3 is 2.37 bits per heavy atom. The third-order valence-corrected chi connectivity index (χ3v) is 3.10. The average molecular weight is 268 g/mol. The van der Waals surface area contributed by atoms with E-state index in [1.54, 1.807) is 21.3 Å². The largest absolute Gasteiger partial charge is 0.493 e. The normalized spacial score (nSPS) is 13.9. The Hall–Kier alpha value is -1.30. The Kier molecular flexibility index (Phi) is 6.62. The van der Waals surface area contributed by atoms with Gasteiger partial charge in [0.15, 0.2) is 11.5 Å². The summed E-state index contributed by atoms with van der Waals surface area (Å²) in [6.07, 6.45) is 0.889. The molecule has 2 atom stereocenters. The number of nitrogens with one attached hydrogen (secondary N) is 1. The Bertz CT molecular complexity index is 385. The third kappa shape index (κ3) is 4.38. The lowest BCUT2D eigenvalue weighted by molar-refractivity contribution is 0.149. The standard InChI is InChI=1S/C14H24N2O3/c1-10(9-17-2)7-12(16-15)11-5-6-13(18-3)14(8-11)19-4/h5-6,8,10,12,16H,7,9,15H2,1-4H3. The molecule has 3 N–H and O–H groups in total. The van der Waals surface area contributed by atoms with Crippen molar-refractivity contribution < 1.29 is 14.2 Å². The summed E-state index contributed by atoms with van der Waals surface area (Å²) < 4.78 is 15.7. The minimum Gasteiger partial charge on any atom is -0.493 e. The molecular formula is C14H24N2O3. The van der Waals surface area contributed by atoms with Crippen LogP contribution in [0.1, 0.15) is 24.9 Å². The van der Waals surface area contributed by atoms with Gasteiger partial charge in [0.05, 0.1) is 14.2 Å². The molecule has 5 nitrogen and oxygen atoms in total. The first-order valence-corrected chi connectivity index (χ1v) is 6.33. The lowest BCUT2D eigenvalue weighted by atomic mass is 9.96. The maximum atomic E-state index is 5.65. The van der Waals surface area contributed by atoms with Crippen LogP contribution in [-0.4, -0.2) is 27.9 Å². The van der Waals surface area contributed by atoms with Crippen LogP contribution in [0.25, 0.3) is 0 Å². The molecule has 0 saturated heterocycles. The molecule has 0 aliphatic carbocycles. The second-order valence-electron chi connectivity index (χ2n) is 4.63. The lowest BCUT2D eigenvalue weighted by Gasteiger charge is -2.21. The van der Waals surface area contributed by atoms with E-state index in [0.29, 0.717) is 24.0 Å². The first-order chi connectivity index (χ1) is 9.15. The number of hydrogen-bond acceptors (Lipinski definition) is 5. The zero-order valence-electron chi connectivity index (χ0n) is 12.1. The summed E-state index contributed by atoms with van der Waals surface area (Å²) in [5.41, 5.74) is 3.92. The van der Waals surface area contributed by atoms with E-state index < -0.39 is 0 Å². The predicted molar refractivity (Wildman–Crippen MR) is 75.3 cm³/mol. The van der Waals surface area contributed by atoms with Gasteiger partial charge in [0, 0.05) is 19.8 Å². The van der Waals surface area contributed by atoms with Crippen LogP contribution < -0.4 is 20.7 Å². The summed E-state index contributed by atoms with van der Waals surface area (Å²) in [6.45, 7) is 2.85. The van der Waals surface area contributed by atoms with E-state index in [0.717, 1.165) is 12.0 Å². The average Bonchev–Trinajstić information content (AvgIpc) is 2.44. The Morgan fingerprint density at radius 2 is 1.84 bits per heavy atom. The molecule has 19 heavy (non-hydrogen) atoms. The van der Waals surface area contributed by atoms with Crippen LogP contribution in [0, 0.1) is 5.92 Å². The molecule has 5 heteroatoms. The number of hydrazine groups is 1. The molecule has 0 radical (unpaired) electrons. The van der Waals surface area contributed by atoms with Crippen LogP contribution in [0.15, 0.2) is 18.2 Å². The third-order valence-electron chi connectivity index (χ3n) is 3.10. The van der Waals surface area contributed by atoms with E-state index >= 15 is 0 Å². The van der Waals surface area contributed by atoms with Crippen molar-refractivity contribution in [1.29, 1.82) is 0 Å². The number of ether oxygens (including phenoxy) is 3. The van der Waals surface area contributed by atoms with E-state index in [1.165, 1.54) is 0 Å². The summed E-state index contributed by atoms with van der Waals surface area (Å²) in [4.78, 5) is 0. The predicted octanol–water partition coefficient (Wildman–Crippen LogP) is 1.88. The van der Waals surface area contributed by atoms with Gasteiger partial charge >= 0.3 is 0 Å². The highest BCUT2D eigenvalue weighted by atomic mass is 16.5. The number of rotatable bonds is 8. The zero-order valence-corrected chi connectivity index (χ0v) is 12.1. The molecule has 0 fully saturated rings. The van der Waals surface area contributed by atoms with Gasteiger partial charge in [0.25, 0.3) is 0 Å². The fourth-order valence-electron chi connectivity index (χ4n) is 2.12. The van der Waals surface area contributed by atoms with Crippen LogP contribution >= 0.6 is 0 Å². The van der Waals surface area contributed by atoms with Crippen molar-refractivity contribution >= 4 is 0 Å². The van der Waals surface area contributed by atoms with E-state index in [4.69, 9.17) is 20.1 Å². The summed E-state index contributed by atoms with van der Waals surface area (Å²) in [5.74, 6) is 7.49. The van der Waals surface area contributed by atoms with Crippen molar-refractivity contribution in [1.82, 2.24) is 5.43 Å². The molecule has 0 aliphatic heterocycles. The lowest BCUT2D eigenvalue weighted by Crippen LogP contribution is -2.30. The van der Waals surface area contributed by atoms with Gasteiger partial charge in [-0.2, -0.15) is 0 Å². The molecule has 1 aromatic carbocycles. The smallest absolute Gasteiger partial charge is 0.161 e. The molecule has 0 spiro atoms. The maximum Gasteiger partial charge on any atom is 0.161 e. The van der Waals surface area contributed by atoms with Crippen molar-refractivity contribution in [3.63, 3.8) is 0 Å². The van der Waals surface area contributed by atoms with Crippen LogP contribution in [-0.2, 0) is 4.74 Å². The highest BCUT2D eigenvalue weighted by molar-refractivity contribution is 5.43. The highest BCUT2D eigenvalue weighted by Crippen LogP contribution is 2.31. The second kappa shape index (κ2) is 7.99. The maximum absolute atomic E-state index is 5.65. The quantitative estimate of drug-likeness (QED) is 0.556. The van der Waals surface area contributed by atoms with Crippen molar-refractivity contribution in [3.05, 3.63) is 23.8 Å². The minimum absolute atomic E-state index is 0.0601. The van der Waals surface area contributed by atoms with Crippen LogP contribution in [0.3, 0.4) is 0 Å². The fourth-order valence-corrected chi connectivity index (χ4v) is 2.12. The minimum atomic E-state index is 0.0601. The Labute approximate surface area is 115 Å². The molecule has 0 aliphatic rings. The first kappa shape index (κ1) is 15.8. The van der Waals surface area contributed by atoms with Crippen molar-refractivity contribution in [3.8, 4) is 11.5 Å². The SMILES string of the molecule is COCC(C)CC(NN)c1ccc(OC)c(OC)c1. The number of benzene rings is 1. The molecule has 2 unspecified atom stereocenters. The zero-order chi connectivity index (χ0) is 14.3. The monoisotopic (exact) mass is 268 g/mol. The van der Waals surface area contributed by atoms with Gasteiger partial charge in [0.2, 0.25) is 0 Å². The van der Waals surface area contributed by atoms with Crippen LogP contribution in [0.4, 0.5) is 0 Å². The molecule has 0 saturated carbocycles. The Morgan fingerprint density at radius 1 is 1.16 bits per heavy atom.